The molecule has 4 heterocycles. The Morgan fingerprint density at radius 2 is 1.04 bits per heavy atom. The number of guanidine groups is 1. The predicted octanol–water partition coefficient (Wildman–Crippen LogP) is -4.30. The fraction of sp³-hybridized carbons (Fsp3) is 0.721. The van der Waals surface area contributed by atoms with Gasteiger partial charge in [-0.2, -0.15) is 0 Å². The molecule has 4 saturated heterocycles. The van der Waals surface area contributed by atoms with Crippen LogP contribution in [0.3, 0.4) is 0 Å². The number of carboxylic acid groups (broad SMARTS) is 2. The Hall–Kier alpha value is -6.60. The van der Waals surface area contributed by atoms with Gasteiger partial charge in [0.1, 0.15) is 54.4 Å². The lowest BCUT2D eigenvalue weighted by atomic mass is 10.1. The molecule has 26 heteroatoms. The molecule has 13 N–H and O–H groups in total. The molecule has 0 aliphatic carbocycles. The maximum atomic E-state index is 13.7. The molecule has 0 spiro atoms. The van der Waals surface area contributed by atoms with Crippen molar-refractivity contribution in [1.82, 2.24) is 51.9 Å². The van der Waals surface area contributed by atoms with Crippen LogP contribution in [-0.4, -0.2) is 189 Å². The minimum absolute atomic E-state index is 0.0925. The quantitative estimate of drug-likeness (QED) is 0.0262. The van der Waals surface area contributed by atoms with E-state index in [0.717, 1.165) is 6.42 Å². The number of hydrogen-bond donors (Lipinski definition) is 11. The summed E-state index contributed by atoms with van der Waals surface area (Å²) in [7, 11) is 0. The zero-order valence-corrected chi connectivity index (χ0v) is 39.6. The first kappa shape index (κ1) is 55.0. The summed E-state index contributed by atoms with van der Waals surface area (Å²) in [4.78, 5) is 151. The lowest BCUT2D eigenvalue weighted by molar-refractivity contribution is -0.145. The topological polar surface area (TPSA) is 387 Å². The summed E-state index contributed by atoms with van der Waals surface area (Å²) in [6.07, 6.45) is 3.35. The number of carbonyl (C=O) groups is 11. The number of likely N-dealkylation sites (tertiary alicyclic amines) is 3. The van der Waals surface area contributed by atoms with Crippen LogP contribution in [0, 0.1) is 0 Å². The summed E-state index contributed by atoms with van der Waals surface area (Å²) in [6.45, 7) is 7.13. The summed E-state index contributed by atoms with van der Waals surface area (Å²) < 4.78 is 0. The summed E-state index contributed by atoms with van der Waals surface area (Å²) in [6, 6.07) is -10.6. The molecule has 69 heavy (non-hydrogen) atoms. The lowest BCUT2D eigenvalue weighted by Crippen LogP contribution is -2.59. The second-order valence-corrected chi connectivity index (χ2v) is 18.0. The number of rotatable bonds is 23. The third-order valence-corrected chi connectivity index (χ3v) is 12.7. The Bertz CT molecular complexity index is 1980. The van der Waals surface area contributed by atoms with Gasteiger partial charge in [-0.1, -0.05) is 0 Å². The number of carbonyl (C=O) groups excluding carboxylic acids is 9. The van der Waals surface area contributed by atoms with Crippen LogP contribution in [0.5, 0.6) is 0 Å². The Balaban J connectivity index is 1.28. The largest absolute Gasteiger partial charge is 0.481 e. The standard InChI is InChI=1S/C43H69N13O13/c1-22(48-35(61)26(10-5-18-47-43(44)45)52-37(63)31-14-9-21-56(31)41(67)27-11-6-17-46-27)33(59)50-24(3)39(65)54-19-7-12-29(54)36(62)49-23(2)34(60)51-25(4)40(66)55-20-8-13-30(55)38(64)53-28(42(68)69)15-16-32(57)58/h22-31,46H,5-21H2,1-4H3,(H,48,61)(H,49,62)(H,50,59)(H,51,60)(H,52,63)(H,53,64)(H,57,58)(H,68,69)(H4,44,45,47)/t22-,23-,24-,25-,26-,27-,28-,29-,30-,31-/m0/s1. The van der Waals surface area contributed by atoms with Crippen molar-refractivity contribution in [2.45, 2.75) is 165 Å². The van der Waals surface area contributed by atoms with Gasteiger partial charge in [-0.15, -0.1) is 0 Å². The smallest absolute Gasteiger partial charge is 0.326 e. The van der Waals surface area contributed by atoms with Crippen molar-refractivity contribution in [1.29, 1.82) is 0 Å². The van der Waals surface area contributed by atoms with Gasteiger partial charge in [0.25, 0.3) is 0 Å². The second kappa shape index (κ2) is 25.7. The molecule has 26 nitrogen and oxygen atoms in total. The highest BCUT2D eigenvalue weighted by Gasteiger charge is 2.42. The van der Waals surface area contributed by atoms with Gasteiger partial charge in [0.15, 0.2) is 5.96 Å². The van der Waals surface area contributed by atoms with Gasteiger partial charge in [-0.25, -0.2) is 4.79 Å². The van der Waals surface area contributed by atoms with Crippen molar-refractivity contribution in [3.63, 3.8) is 0 Å². The van der Waals surface area contributed by atoms with E-state index in [2.05, 4.69) is 42.2 Å². The third kappa shape index (κ3) is 15.5. The zero-order chi connectivity index (χ0) is 51.1. The molecule has 0 aromatic heterocycles. The van der Waals surface area contributed by atoms with Gasteiger partial charge in [-0.3, -0.25) is 52.9 Å². The maximum absolute atomic E-state index is 13.7. The van der Waals surface area contributed by atoms with Crippen LogP contribution in [0.1, 0.15) is 105 Å². The van der Waals surface area contributed by atoms with Crippen LogP contribution in [0.4, 0.5) is 0 Å². The van der Waals surface area contributed by atoms with E-state index in [-0.39, 0.29) is 69.6 Å². The third-order valence-electron chi connectivity index (χ3n) is 12.7. The number of amides is 9. The fourth-order valence-electron chi connectivity index (χ4n) is 8.89. The van der Waals surface area contributed by atoms with E-state index in [1.807, 2.05) is 0 Å². The van der Waals surface area contributed by atoms with Crippen LogP contribution < -0.4 is 48.7 Å². The van der Waals surface area contributed by atoms with E-state index in [1.165, 1.54) is 42.4 Å². The molecule has 0 unspecified atom stereocenters. The molecule has 0 saturated carbocycles. The zero-order valence-electron chi connectivity index (χ0n) is 39.6. The average molecular weight is 976 g/mol. The highest BCUT2D eigenvalue weighted by molar-refractivity contribution is 5.98. The molecule has 9 amide bonds. The van der Waals surface area contributed by atoms with Crippen LogP contribution in [-0.2, 0) is 52.7 Å². The van der Waals surface area contributed by atoms with E-state index in [0.29, 0.717) is 45.2 Å². The molecule has 0 bridgehead atoms. The molecule has 4 aliphatic rings. The summed E-state index contributed by atoms with van der Waals surface area (Å²) in [5.74, 6) is -8.37. The number of carboxylic acids is 2. The lowest BCUT2D eigenvalue weighted by Gasteiger charge is -2.30. The number of aliphatic imine (C=N–C) groups is 1. The summed E-state index contributed by atoms with van der Waals surface area (Å²) >= 11 is 0. The molecule has 0 aromatic rings. The Morgan fingerprint density at radius 1 is 0.580 bits per heavy atom. The SMILES string of the molecule is C[C@H](NC(=O)[C@H](CCCN=C(N)N)NC(=O)[C@@H]1CCCN1C(=O)[C@@H]1CCCN1)C(=O)N[C@@H](C)C(=O)N1CCC[C@H]1C(=O)N[C@@H](C)C(=O)N[C@@H](C)C(=O)N1CCC[C@H]1C(=O)N[C@@H](CCC(=O)O)C(=O)O. The fourth-order valence-corrected chi connectivity index (χ4v) is 8.89. The molecule has 4 fully saturated rings. The Labute approximate surface area is 399 Å². The number of nitrogens with two attached hydrogens (primary N) is 2. The van der Waals surface area contributed by atoms with Gasteiger partial charge >= 0.3 is 11.9 Å². The van der Waals surface area contributed by atoms with Gasteiger partial charge < -0.3 is 73.6 Å². The monoisotopic (exact) mass is 976 g/mol. The number of nitrogens with one attached hydrogen (secondary N) is 7. The van der Waals surface area contributed by atoms with Crippen molar-refractivity contribution in [2.75, 3.05) is 32.7 Å². The van der Waals surface area contributed by atoms with Crippen molar-refractivity contribution in [3.8, 4) is 0 Å². The Morgan fingerprint density at radius 3 is 1.52 bits per heavy atom. The number of aliphatic carboxylic acids is 2. The Kier molecular flexibility index (Phi) is 20.5. The van der Waals surface area contributed by atoms with Gasteiger partial charge in [0.05, 0.1) is 6.04 Å². The molecular formula is C43H69N13O13. The molecule has 4 rings (SSSR count). The van der Waals surface area contributed by atoms with Crippen LogP contribution in [0.15, 0.2) is 4.99 Å². The molecule has 384 valence electrons. The van der Waals surface area contributed by atoms with Crippen molar-refractivity contribution >= 4 is 71.1 Å². The normalized spacial score (nSPS) is 22.5. The number of hydrogen-bond acceptors (Lipinski definition) is 13. The molecular weight excluding hydrogens is 907 g/mol. The molecule has 10 atom stereocenters. The average Bonchev–Trinajstić information content (AvgIpc) is 4.15. The van der Waals surface area contributed by atoms with Crippen molar-refractivity contribution in [3.05, 3.63) is 0 Å². The first-order valence-corrected chi connectivity index (χ1v) is 23.6. The van der Waals surface area contributed by atoms with E-state index >= 15 is 0 Å². The predicted molar refractivity (Wildman–Crippen MR) is 244 cm³/mol. The van der Waals surface area contributed by atoms with E-state index < -0.39 is 120 Å². The molecule has 4 aliphatic heterocycles. The van der Waals surface area contributed by atoms with Gasteiger partial charge in [0, 0.05) is 32.6 Å². The second-order valence-electron chi connectivity index (χ2n) is 18.0. The highest BCUT2D eigenvalue weighted by Crippen LogP contribution is 2.23. The maximum Gasteiger partial charge on any atom is 0.326 e. The molecule has 0 aromatic carbocycles. The minimum atomic E-state index is -1.49. The summed E-state index contributed by atoms with van der Waals surface area (Å²) in [5, 5.41) is 36.8. The van der Waals surface area contributed by atoms with Crippen LogP contribution in [0.25, 0.3) is 0 Å². The van der Waals surface area contributed by atoms with Crippen LogP contribution in [0.2, 0.25) is 0 Å². The van der Waals surface area contributed by atoms with Crippen LogP contribution >= 0.6 is 0 Å². The van der Waals surface area contributed by atoms with E-state index in [4.69, 9.17) is 16.6 Å². The number of nitrogens with zero attached hydrogens (tertiary/aromatic N) is 4. The van der Waals surface area contributed by atoms with Crippen molar-refractivity contribution < 1.29 is 63.0 Å². The van der Waals surface area contributed by atoms with Gasteiger partial charge in [0.2, 0.25) is 53.2 Å². The van der Waals surface area contributed by atoms with Crippen molar-refractivity contribution in [2.24, 2.45) is 16.5 Å². The minimum Gasteiger partial charge on any atom is -0.481 e. The van der Waals surface area contributed by atoms with E-state index in [9.17, 15) is 57.8 Å². The van der Waals surface area contributed by atoms with Gasteiger partial charge in [-0.05, 0) is 105 Å². The first-order valence-electron chi connectivity index (χ1n) is 23.6. The summed E-state index contributed by atoms with van der Waals surface area (Å²) in [5.41, 5.74) is 10.9. The van der Waals surface area contributed by atoms with E-state index in [1.54, 1.807) is 0 Å². The first-order chi connectivity index (χ1) is 32.6. The molecule has 0 radical (unpaired) electrons. The highest BCUT2D eigenvalue weighted by atomic mass is 16.4.